The first-order chi connectivity index (χ1) is 12.8. The van der Waals surface area contributed by atoms with Crippen molar-refractivity contribution in [1.29, 1.82) is 0 Å². The van der Waals surface area contributed by atoms with Crippen molar-refractivity contribution in [3.05, 3.63) is 90.8 Å². The summed E-state index contributed by atoms with van der Waals surface area (Å²) >= 11 is 0. The molecule has 1 aromatic heterocycles. The van der Waals surface area contributed by atoms with Crippen molar-refractivity contribution >= 4 is 12.1 Å². The van der Waals surface area contributed by atoms with E-state index < -0.39 is 12.2 Å². The first-order valence-electron chi connectivity index (χ1n) is 7.97. The minimum Gasteiger partial charge on any atom is -0.446 e. The number of hydrazone groups is 1. The van der Waals surface area contributed by atoms with Gasteiger partial charge >= 0.3 is 12.2 Å². The predicted octanol–water partition coefficient (Wildman–Crippen LogP) is 3.02. The third-order valence-corrected chi connectivity index (χ3v) is 3.26. The van der Waals surface area contributed by atoms with Gasteiger partial charge in [0.15, 0.2) is 0 Å². The molecule has 0 fully saturated rings. The Labute approximate surface area is 151 Å². The Bertz CT molecular complexity index is 798. The van der Waals surface area contributed by atoms with Crippen LogP contribution in [0.1, 0.15) is 5.56 Å². The molecule has 2 aromatic carbocycles. The number of para-hydroxylation sites is 2. The molecule has 0 aliphatic rings. The minimum absolute atomic E-state index is 0.514. The van der Waals surface area contributed by atoms with Crippen LogP contribution in [-0.2, 0) is 4.79 Å². The van der Waals surface area contributed by atoms with Gasteiger partial charge in [0.1, 0.15) is 11.5 Å². The summed E-state index contributed by atoms with van der Waals surface area (Å²) < 4.78 is 11.3. The lowest BCUT2D eigenvalue weighted by Gasteiger charge is -2.18. The first-order valence-corrected chi connectivity index (χ1v) is 7.97. The minimum atomic E-state index is -1.19. The largest absolute Gasteiger partial charge is 0.446 e. The molecule has 130 valence electrons. The maximum atomic E-state index is 12.5. The highest BCUT2D eigenvalue weighted by Gasteiger charge is 2.22. The van der Waals surface area contributed by atoms with Crippen LogP contribution in [0.25, 0.3) is 0 Å². The average molecular weight is 347 g/mol. The number of hydrogen-bond donors (Lipinski definition) is 1. The average Bonchev–Trinajstić information content (AvgIpc) is 2.70. The number of rotatable bonds is 7. The number of nitrogens with one attached hydrogen (secondary N) is 1. The third kappa shape index (κ3) is 5.17. The number of ether oxygens (including phenoxy) is 2. The molecule has 0 aliphatic heterocycles. The van der Waals surface area contributed by atoms with E-state index >= 15 is 0 Å². The van der Waals surface area contributed by atoms with E-state index in [2.05, 4.69) is 15.5 Å². The van der Waals surface area contributed by atoms with Crippen molar-refractivity contribution < 1.29 is 14.3 Å². The summed E-state index contributed by atoms with van der Waals surface area (Å²) in [4.78, 5) is 16.4. The molecule has 1 heterocycles. The van der Waals surface area contributed by atoms with E-state index in [9.17, 15) is 4.79 Å². The Hall–Kier alpha value is -3.67. The van der Waals surface area contributed by atoms with Crippen LogP contribution in [0.4, 0.5) is 0 Å². The molecule has 0 aliphatic carbocycles. The zero-order valence-electron chi connectivity index (χ0n) is 13.9. The molecule has 0 saturated carbocycles. The lowest BCUT2D eigenvalue weighted by Crippen LogP contribution is -2.40. The van der Waals surface area contributed by atoms with Gasteiger partial charge in [0, 0.05) is 18.0 Å². The van der Waals surface area contributed by atoms with Gasteiger partial charge in [0.2, 0.25) is 0 Å². The highest BCUT2D eigenvalue weighted by molar-refractivity contribution is 5.83. The first kappa shape index (κ1) is 17.2. The topological polar surface area (TPSA) is 72.8 Å². The Kier molecular flexibility index (Phi) is 5.93. The second-order valence-electron chi connectivity index (χ2n) is 5.21. The van der Waals surface area contributed by atoms with Gasteiger partial charge in [0.05, 0.1) is 6.21 Å². The van der Waals surface area contributed by atoms with E-state index in [1.807, 2.05) is 42.5 Å². The SMILES string of the molecule is O=C(N/N=C/c1cccnc1)C(Oc1ccccc1)Oc1ccccc1. The number of aromatic nitrogens is 1. The van der Waals surface area contributed by atoms with Crippen molar-refractivity contribution in [2.75, 3.05) is 0 Å². The molecule has 1 N–H and O–H groups in total. The van der Waals surface area contributed by atoms with E-state index in [0.717, 1.165) is 5.56 Å². The van der Waals surface area contributed by atoms with Crippen LogP contribution >= 0.6 is 0 Å². The summed E-state index contributed by atoms with van der Waals surface area (Å²) in [6.07, 6.45) is 3.60. The van der Waals surface area contributed by atoms with Gasteiger partial charge in [-0.1, -0.05) is 42.5 Å². The molecular formula is C20H17N3O3. The fourth-order valence-electron chi connectivity index (χ4n) is 2.05. The maximum absolute atomic E-state index is 12.5. The summed E-state index contributed by atoms with van der Waals surface area (Å²) in [5, 5.41) is 3.92. The van der Waals surface area contributed by atoms with Crippen LogP contribution in [0.3, 0.4) is 0 Å². The molecule has 0 unspecified atom stereocenters. The molecule has 0 spiro atoms. The fourth-order valence-corrected chi connectivity index (χ4v) is 2.05. The summed E-state index contributed by atoms with van der Waals surface area (Å²) in [6, 6.07) is 21.5. The van der Waals surface area contributed by atoms with Crippen molar-refractivity contribution in [3.8, 4) is 11.5 Å². The zero-order chi connectivity index (χ0) is 18.0. The molecule has 1 amide bonds. The number of pyridine rings is 1. The number of benzene rings is 2. The Morgan fingerprint density at radius 3 is 2.08 bits per heavy atom. The second kappa shape index (κ2) is 8.98. The molecule has 0 atom stereocenters. The fraction of sp³-hybridized carbons (Fsp3) is 0.0500. The van der Waals surface area contributed by atoms with E-state index in [4.69, 9.17) is 9.47 Å². The van der Waals surface area contributed by atoms with E-state index in [1.54, 1.807) is 42.7 Å². The Morgan fingerprint density at radius 1 is 0.923 bits per heavy atom. The molecule has 0 bridgehead atoms. The normalized spacial score (nSPS) is 10.7. The molecule has 6 heteroatoms. The summed E-state index contributed by atoms with van der Waals surface area (Å²) in [5.41, 5.74) is 3.19. The van der Waals surface area contributed by atoms with Crippen LogP contribution in [0, 0.1) is 0 Å². The van der Waals surface area contributed by atoms with Gasteiger partial charge in [-0.05, 0) is 30.3 Å². The lowest BCUT2D eigenvalue weighted by atomic mass is 10.3. The maximum Gasteiger partial charge on any atom is 0.323 e. The van der Waals surface area contributed by atoms with Crippen LogP contribution in [-0.4, -0.2) is 23.4 Å². The number of carbonyl (C=O) groups excluding carboxylic acids is 1. The summed E-state index contributed by atoms with van der Waals surface area (Å²) in [6.45, 7) is 0. The molecule has 3 aromatic rings. The summed E-state index contributed by atoms with van der Waals surface area (Å²) in [7, 11) is 0. The van der Waals surface area contributed by atoms with Gasteiger partial charge in [-0.3, -0.25) is 9.78 Å². The molecule has 26 heavy (non-hydrogen) atoms. The Balaban J connectivity index is 1.69. The monoisotopic (exact) mass is 347 g/mol. The molecule has 6 nitrogen and oxygen atoms in total. The number of nitrogens with zero attached hydrogens (tertiary/aromatic N) is 2. The highest BCUT2D eigenvalue weighted by Crippen LogP contribution is 2.16. The highest BCUT2D eigenvalue weighted by atomic mass is 16.7. The molecule has 0 radical (unpaired) electrons. The number of hydrogen-bond acceptors (Lipinski definition) is 5. The van der Waals surface area contributed by atoms with Gasteiger partial charge in [-0.15, -0.1) is 0 Å². The second-order valence-corrected chi connectivity index (χ2v) is 5.21. The van der Waals surface area contributed by atoms with E-state index in [1.165, 1.54) is 6.21 Å². The predicted molar refractivity (Wildman–Crippen MR) is 97.9 cm³/mol. The zero-order valence-corrected chi connectivity index (χ0v) is 13.9. The summed E-state index contributed by atoms with van der Waals surface area (Å²) in [5.74, 6) is 0.498. The number of amides is 1. The Morgan fingerprint density at radius 2 is 1.54 bits per heavy atom. The van der Waals surface area contributed by atoms with Gasteiger partial charge < -0.3 is 9.47 Å². The van der Waals surface area contributed by atoms with Crippen LogP contribution in [0.5, 0.6) is 11.5 Å². The standard InChI is InChI=1S/C20H17N3O3/c24-19(23-22-15-16-8-7-13-21-14-16)20(25-17-9-3-1-4-10-17)26-18-11-5-2-6-12-18/h1-15,20H,(H,23,24)/b22-15+. The van der Waals surface area contributed by atoms with Crippen molar-refractivity contribution in [1.82, 2.24) is 10.4 Å². The van der Waals surface area contributed by atoms with Crippen molar-refractivity contribution in [3.63, 3.8) is 0 Å². The molecule has 3 rings (SSSR count). The smallest absolute Gasteiger partial charge is 0.323 e. The van der Waals surface area contributed by atoms with Gasteiger partial charge in [-0.2, -0.15) is 5.10 Å². The third-order valence-electron chi connectivity index (χ3n) is 3.26. The lowest BCUT2D eigenvalue weighted by molar-refractivity contribution is -0.140. The quantitative estimate of drug-likeness (QED) is 0.405. The van der Waals surface area contributed by atoms with Gasteiger partial charge in [-0.25, -0.2) is 5.43 Å². The molecular weight excluding hydrogens is 330 g/mol. The van der Waals surface area contributed by atoms with Crippen molar-refractivity contribution in [2.45, 2.75) is 6.29 Å². The molecule has 0 saturated heterocycles. The van der Waals surface area contributed by atoms with Crippen LogP contribution in [0.15, 0.2) is 90.3 Å². The van der Waals surface area contributed by atoms with Crippen LogP contribution < -0.4 is 14.9 Å². The van der Waals surface area contributed by atoms with Crippen molar-refractivity contribution in [2.24, 2.45) is 5.10 Å². The van der Waals surface area contributed by atoms with E-state index in [0.29, 0.717) is 11.5 Å². The van der Waals surface area contributed by atoms with Gasteiger partial charge in [0.25, 0.3) is 0 Å². The van der Waals surface area contributed by atoms with E-state index in [-0.39, 0.29) is 0 Å². The van der Waals surface area contributed by atoms with Crippen LogP contribution in [0.2, 0.25) is 0 Å². The number of carbonyl (C=O) groups is 1.